The van der Waals surface area contributed by atoms with Crippen molar-refractivity contribution in [3.63, 3.8) is 0 Å². The van der Waals surface area contributed by atoms with E-state index < -0.39 is 0 Å². The van der Waals surface area contributed by atoms with Crippen LogP contribution in [0.1, 0.15) is 16.8 Å². The first-order valence-electron chi connectivity index (χ1n) is 5.84. The number of ketones is 1. The Morgan fingerprint density at radius 1 is 1.24 bits per heavy atom. The Morgan fingerprint density at radius 3 is 2.76 bits per heavy atom. The third-order valence-electron chi connectivity index (χ3n) is 2.85. The monoisotopic (exact) mass is 361 g/mol. The van der Waals surface area contributed by atoms with Crippen molar-refractivity contribution in [3.8, 4) is 0 Å². The van der Waals surface area contributed by atoms with Gasteiger partial charge in [-0.1, -0.05) is 12.1 Å². The molecule has 2 nitrogen and oxygen atoms in total. The summed E-state index contributed by atoms with van der Waals surface area (Å²) in [5.74, 6) is 2.63. The molecule has 92 valence electrons. The molecule has 17 heavy (non-hydrogen) atoms. The first kappa shape index (κ1) is 13.4. The number of benzene rings is 1. The molecule has 0 aromatic heterocycles. The molecule has 4 heteroatoms. The molecule has 0 aliphatic carbocycles. The molecule has 1 aromatic carbocycles. The summed E-state index contributed by atoms with van der Waals surface area (Å²) >= 11 is 4.25. The normalized spacial score (nSPS) is 17.7. The minimum atomic E-state index is 0.244. The smallest absolute Gasteiger partial charge is 0.176 e. The quantitative estimate of drug-likeness (QED) is 0.610. The second-order valence-electron chi connectivity index (χ2n) is 4.17. The highest BCUT2D eigenvalue weighted by Gasteiger charge is 2.14. The van der Waals surface area contributed by atoms with Crippen molar-refractivity contribution in [2.75, 3.05) is 31.1 Å². The molecule has 2 rings (SSSR count). The molecule has 1 aliphatic rings. The molecule has 0 N–H and O–H groups in total. The Labute approximate surface area is 120 Å². The molecule has 1 aromatic rings. The van der Waals surface area contributed by atoms with Crippen LogP contribution in [0.5, 0.6) is 0 Å². The lowest BCUT2D eigenvalue weighted by Gasteiger charge is -2.18. The van der Waals surface area contributed by atoms with E-state index in [4.69, 9.17) is 0 Å². The summed E-state index contributed by atoms with van der Waals surface area (Å²) in [6.45, 7) is 2.67. The molecule has 1 aliphatic heterocycles. The molecule has 0 amide bonds. The summed E-state index contributed by atoms with van der Waals surface area (Å²) in [6, 6.07) is 7.84. The van der Waals surface area contributed by atoms with Gasteiger partial charge in [0.15, 0.2) is 5.78 Å². The van der Waals surface area contributed by atoms with Gasteiger partial charge < -0.3 is 0 Å². The van der Waals surface area contributed by atoms with Crippen molar-refractivity contribution < 1.29 is 4.79 Å². The standard InChI is InChI=1S/C13H16INOS/c14-12-4-2-11(3-5-12)13(16)10-15-6-1-8-17-9-7-15/h2-5H,1,6-10H2. The molecule has 0 unspecified atom stereocenters. The van der Waals surface area contributed by atoms with E-state index in [2.05, 4.69) is 27.5 Å². The number of carbonyl (C=O) groups is 1. The zero-order valence-electron chi connectivity index (χ0n) is 9.69. The number of Topliss-reactive ketones (excluding diaryl/α,β-unsaturated/α-hetero) is 1. The van der Waals surface area contributed by atoms with Crippen molar-refractivity contribution in [3.05, 3.63) is 33.4 Å². The van der Waals surface area contributed by atoms with Gasteiger partial charge in [-0.3, -0.25) is 9.69 Å². The van der Waals surface area contributed by atoms with Crippen molar-refractivity contribution in [1.82, 2.24) is 4.90 Å². The molecule has 0 bridgehead atoms. The summed E-state index contributed by atoms with van der Waals surface area (Å²) in [7, 11) is 0. The van der Waals surface area contributed by atoms with Crippen molar-refractivity contribution >= 4 is 40.1 Å². The fraction of sp³-hybridized carbons (Fsp3) is 0.462. The Bertz CT molecular complexity index is 372. The Kier molecular flexibility index (Phi) is 5.31. The summed E-state index contributed by atoms with van der Waals surface area (Å²) in [5, 5.41) is 0. The molecule has 0 spiro atoms. The minimum Gasteiger partial charge on any atom is -0.295 e. The Morgan fingerprint density at radius 2 is 2.00 bits per heavy atom. The third-order valence-corrected chi connectivity index (χ3v) is 4.62. The minimum absolute atomic E-state index is 0.244. The summed E-state index contributed by atoms with van der Waals surface area (Å²) in [4.78, 5) is 14.4. The van der Waals surface area contributed by atoms with Gasteiger partial charge in [-0.15, -0.1) is 0 Å². The lowest BCUT2D eigenvalue weighted by molar-refractivity contribution is 0.0936. The molecular formula is C13H16INOS. The summed E-state index contributed by atoms with van der Waals surface area (Å²) in [6.07, 6.45) is 1.20. The van der Waals surface area contributed by atoms with Gasteiger partial charge in [0.05, 0.1) is 6.54 Å². The van der Waals surface area contributed by atoms with Crippen LogP contribution in [-0.4, -0.2) is 41.8 Å². The average Bonchev–Trinajstić information content (AvgIpc) is 2.58. The number of rotatable bonds is 3. The SMILES string of the molecule is O=C(CN1CCCSCC1)c1ccc(I)cc1. The molecule has 1 fully saturated rings. The van der Waals surface area contributed by atoms with E-state index in [9.17, 15) is 4.79 Å². The van der Waals surface area contributed by atoms with E-state index in [0.717, 1.165) is 24.4 Å². The summed E-state index contributed by atoms with van der Waals surface area (Å²) in [5.41, 5.74) is 0.835. The molecular weight excluding hydrogens is 345 g/mol. The van der Waals surface area contributed by atoms with Gasteiger partial charge in [0.1, 0.15) is 0 Å². The van der Waals surface area contributed by atoms with Crippen LogP contribution in [0.2, 0.25) is 0 Å². The fourth-order valence-corrected chi connectivity index (χ4v) is 3.17. The van der Waals surface area contributed by atoms with E-state index >= 15 is 0 Å². The Hall–Kier alpha value is -0.0700. The van der Waals surface area contributed by atoms with E-state index in [1.165, 1.54) is 15.7 Å². The van der Waals surface area contributed by atoms with E-state index in [-0.39, 0.29) is 5.78 Å². The lowest BCUT2D eigenvalue weighted by Crippen LogP contribution is -2.31. The molecule has 1 heterocycles. The number of nitrogens with zero attached hydrogens (tertiary/aromatic N) is 1. The number of hydrogen-bond donors (Lipinski definition) is 0. The topological polar surface area (TPSA) is 20.3 Å². The number of carbonyl (C=O) groups excluding carboxylic acids is 1. The van der Waals surface area contributed by atoms with Gasteiger partial charge in [-0.25, -0.2) is 0 Å². The second-order valence-corrected chi connectivity index (χ2v) is 6.64. The van der Waals surface area contributed by atoms with Gasteiger partial charge in [0.2, 0.25) is 0 Å². The fourth-order valence-electron chi connectivity index (χ4n) is 1.89. The number of thioether (sulfide) groups is 1. The van der Waals surface area contributed by atoms with Crippen LogP contribution in [-0.2, 0) is 0 Å². The van der Waals surface area contributed by atoms with E-state index in [0.29, 0.717) is 6.54 Å². The maximum absolute atomic E-state index is 12.1. The van der Waals surface area contributed by atoms with Crippen LogP contribution < -0.4 is 0 Å². The Balaban J connectivity index is 1.93. The van der Waals surface area contributed by atoms with Gasteiger partial charge in [0, 0.05) is 21.4 Å². The van der Waals surface area contributed by atoms with Crippen molar-refractivity contribution in [2.45, 2.75) is 6.42 Å². The predicted octanol–water partition coefficient (Wildman–Crippen LogP) is 2.91. The highest BCUT2D eigenvalue weighted by atomic mass is 127. The number of halogens is 1. The van der Waals surface area contributed by atoms with Crippen LogP contribution in [0, 0.1) is 3.57 Å². The van der Waals surface area contributed by atoms with Crippen molar-refractivity contribution in [1.29, 1.82) is 0 Å². The van der Waals surface area contributed by atoms with Gasteiger partial charge in [0.25, 0.3) is 0 Å². The maximum Gasteiger partial charge on any atom is 0.176 e. The highest BCUT2D eigenvalue weighted by molar-refractivity contribution is 14.1. The van der Waals surface area contributed by atoms with Crippen LogP contribution in [0.15, 0.2) is 24.3 Å². The van der Waals surface area contributed by atoms with Gasteiger partial charge in [-0.2, -0.15) is 11.8 Å². The largest absolute Gasteiger partial charge is 0.295 e. The molecule has 0 atom stereocenters. The zero-order valence-corrected chi connectivity index (χ0v) is 12.7. The summed E-state index contributed by atoms with van der Waals surface area (Å²) < 4.78 is 1.17. The number of hydrogen-bond acceptors (Lipinski definition) is 3. The van der Waals surface area contributed by atoms with Crippen LogP contribution in [0.4, 0.5) is 0 Å². The molecule has 1 saturated heterocycles. The van der Waals surface area contributed by atoms with Gasteiger partial charge in [-0.05, 0) is 53.4 Å². The lowest BCUT2D eigenvalue weighted by atomic mass is 10.1. The van der Waals surface area contributed by atoms with Crippen LogP contribution in [0.3, 0.4) is 0 Å². The van der Waals surface area contributed by atoms with Crippen LogP contribution >= 0.6 is 34.4 Å². The zero-order chi connectivity index (χ0) is 12.1. The van der Waals surface area contributed by atoms with E-state index in [1.807, 2.05) is 36.0 Å². The van der Waals surface area contributed by atoms with Gasteiger partial charge >= 0.3 is 0 Å². The molecule has 0 radical (unpaired) electrons. The molecule has 0 saturated carbocycles. The van der Waals surface area contributed by atoms with Crippen molar-refractivity contribution in [2.24, 2.45) is 0 Å². The maximum atomic E-state index is 12.1. The second kappa shape index (κ2) is 6.75. The highest BCUT2D eigenvalue weighted by Crippen LogP contribution is 2.12. The van der Waals surface area contributed by atoms with E-state index in [1.54, 1.807) is 0 Å². The van der Waals surface area contributed by atoms with Crippen LogP contribution in [0.25, 0.3) is 0 Å². The third kappa shape index (κ3) is 4.26. The predicted molar refractivity (Wildman–Crippen MR) is 81.9 cm³/mol. The first-order chi connectivity index (χ1) is 8.25. The first-order valence-corrected chi connectivity index (χ1v) is 8.08. The average molecular weight is 361 g/mol.